The number of morpholine rings is 1. The molecule has 160 valence electrons. The number of nitrogens with one attached hydrogen (secondary N) is 2. The summed E-state index contributed by atoms with van der Waals surface area (Å²) < 4.78 is 18.6. The highest BCUT2D eigenvalue weighted by molar-refractivity contribution is 5.96. The van der Waals surface area contributed by atoms with Crippen LogP contribution in [0.1, 0.15) is 28.9 Å². The van der Waals surface area contributed by atoms with Crippen LogP contribution in [0, 0.1) is 5.82 Å². The van der Waals surface area contributed by atoms with E-state index in [1.54, 1.807) is 47.8 Å². The third kappa shape index (κ3) is 5.32. The first kappa shape index (κ1) is 20.7. The van der Waals surface area contributed by atoms with E-state index < -0.39 is 0 Å². The number of aromatic nitrogens is 3. The fourth-order valence-electron chi connectivity index (χ4n) is 3.29. The smallest absolute Gasteiger partial charge is 0.254 e. The predicted octanol–water partition coefficient (Wildman–Crippen LogP) is 3.40. The number of pyridine rings is 1. The van der Waals surface area contributed by atoms with Crippen LogP contribution >= 0.6 is 0 Å². The van der Waals surface area contributed by atoms with Crippen LogP contribution in [-0.2, 0) is 4.74 Å². The Balaban J connectivity index is 1.61. The summed E-state index contributed by atoms with van der Waals surface area (Å²) in [4.78, 5) is 27.7. The van der Waals surface area contributed by atoms with Crippen LogP contribution in [0.5, 0.6) is 0 Å². The SMILES string of the molecule is CC(Nc1cc(C(=O)N2CCOCC2)cc(Nc2cnccn2)n1)c1ccc(F)cc1. The van der Waals surface area contributed by atoms with Gasteiger partial charge < -0.3 is 20.3 Å². The number of carbonyl (C=O) groups is 1. The van der Waals surface area contributed by atoms with Crippen LogP contribution in [0.4, 0.5) is 21.8 Å². The van der Waals surface area contributed by atoms with Crippen LogP contribution in [0.15, 0.2) is 55.0 Å². The van der Waals surface area contributed by atoms with E-state index in [2.05, 4.69) is 25.6 Å². The summed E-state index contributed by atoms with van der Waals surface area (Å²) in [6.45, 7) is 4.08. The van der Waals surface area contributed by atoms with E-state index in [9.17, 15) is 9.18 Å². The lowest BCUT2D eigenvalue weighted by molar-refractivity contribution is 0.0303. The molecule has 0 bridgehead atoms. The van der Waals surface area contributed by atoms with Crippen molar-refractivity contribution in [3.05, 3.63) is 71.9 Å². The minimum absolute atomic E-state index is 0.0922. The Kier molecular flexibility index (Phi) is 6.32. The van der Waals surface area contributed by atoms with Gasteiger partial charge >= 0.3 is 0 Å². The third-order valence-electron chi connectivity index (χ3n) is 4.92. The van der Waals surface area contributed by atoms with E-state index >= 15 is 0 Å². The molecule has 31 heavy (non-hydrogen) atoms. The normalized spacial score (nSPS) is 14.7. The summed E-state index contributed by atoms with van der Waals surface area (Å²) >= 11 is 0. The van der Waals surface area contributed by atoms with Gasteiger partial charge in [-0.2, -0.15) is 0 Å². The molecule has 0 spiro atoms. The number of halogens is 1. The lowest BCUT2D eigenvalue weighted by Crippen LogP contribution is -2.40. The maximum Gasteiger partial charge on any atom is 0.254 e. The summed E-state index contributed by atoms with van der Waals surface area (Å²) in [5.41, 5.74) is 1.40. The molecule has 1 fully saturated rings. The van der Waals surface area contributed by atoms with E-state index in [1.165, 1.54) is 12.1 Å². The van der Waals surface area contributed by atoms with Crippen LogP contribution in [-0.4, -0.2) is 52.1 Å². The second kappa shape index (κ2) is 9.48. The summed E-state index contributed by atoms with van der Waals surface area (Å²) in [7, 11) is 0. The number of anilines is 3. The number of hydrogen-bond donors (Lipinski definition) is 2. The van der Waals surface area contributed by atoms with Gasteiger partial charge in [0.2, 0.25) is 0 Å². The Hall–Kier alpha value is -3.59. The summed E-state index contributed by atoms with van der Waals surface area (Å²) in [6.07, 6.45) is 4.72. The van der Waals surface area contributed by atoms with Gasteiger partial charge in [0.25, 0.3) is 5.91 Å². The van der Waals surface area contributed by atoms with Gasteiger partial charge in [-0.3, -0.25) is 9.78 Å². The predicted molar refractivity (Wildman–Crippen MR) is 115 cm³/mol. The molecule has 4 rings (SSSR count). The molecule has 1 aromatic carbocycles. The Bertz CT molecular complexity index is 1030. The molecule has 0 aliphatic carbocycles. The van der Waals surface area contributed by atoms with Crippen LogP contribution in [0.2, 0.25) is 0 Å². The van der Waals surface area contributed by atoms with Crippen molar-refractivity contribution in [1.82, 2.24) is 19.9 Å². The Labute approximate surface area is 179 Å². The zero-order valence-corrected chi connectivity index (χ0v) is 17.1. The standard InChI is InChI=1S/C22H23FN6O2/c1-15(16-2-4-18(23)5-3-16)26-19-12-17(22(30)29-8-10-31-11-9-29)13-20(27-19)28-21-14-24-6-7-25-21/h2-7,12-15H,8-11H2,1H3,(H2,25,26,27,28). The molecule has 0 saturated carbocycles. The molecule has 2 N–H and O–H groups in total. The number of carbonyl (C=O) groups excluding carboxylic acids is 1. The lowest BCUT2D eigenvalue weighted by atomic mass is 10.1. The van der Waals surface area contributed by atoms with Gasteiger partial charge in [-0.05, 0) is 36.8 Å². The fourth-order valence-corrected chi connectivity index (χ4v) is 3.29. The average molecular weight is 422 g/mol. The zero-order valence-electron chi connectivity index (χ0n) is 17.1. The van der Waals surface area contributed by atoms with Gasteiger partial charge in [0.05, 0.1) is 19.4 Å². The fraction of sp³-hybridized carbons (Fsp3) is 0.273. The maximum atomic E-state index is 13.3. The molecule has 1 aliphatic rings. The van der Waals surface area contributed by atoms with Gasteiger partial charge in [-0.15, -0.1) is 0 Å². The number of ether oxygens (including phenoxy) is 1. The van der Waals surface area contributed by atoms with Gasteiger partial charge in [0.1, 0.15) is 23.3 Å². The molecule has 1 amide bonds. The number of nitrogens with zero attached hydrogens (tertiary/aromatic N) is 4. The Morgan fingerprint density at radius 3 is 2.55 bits per heavy atom. The van der Waals surface area contributed by atoms with Crippen molar-refractivity contribution in [1.29, 1.82) is 0 Å². The largest absolute Gasteiger partial charge is 0.378 e. The van der Waals surface area contributed by atoms with E-state index in [-0.39, 0.29) is 17.8 Å². The van der Waals surface area contributed by atoms with Crippen molar-refractivity contribution in [3.8, 4) is 0 Å². The highest BCUT2D eigenvalue weighted by atomic mass is 19.1. The number of benzene rings is 1. The molecule has 2 aromatic heterocycles. The Morgan fingerprint density at radius 1 is 1.10 bits per heavy atom. The second-order valence-electron chi connectivity index (χ2n) is 7.16. The van der Waals surface area contributed by atoms with E-state index in [4.69, 9.17) is 4.74 Å². The second-order valence-corrected chi connectivity index (χ2v) is 7.16. The van der Waals surface area contributed by atoms with Crippen molar-refractivity contribution >= 4 is 23.4 Å². The molecule has 0 radical (unpaired) electrons. The van der Waals surface area contributed by atoms with Crippen molar-refractivity contribution in [2.75, 3.05) is 36.9 Å². The third-order valence-corrected chi connectivity index (χ3v) is 4.92. The molecule has 1 saturated heterocycles. The summed E-state index contributed by atoms with van der Waals surface area (Å²) in [5, 5.41) is 6.39. The Morgan fingerprint density at radius 2 is 1.84 bits per heavy atom. The zero-order chi connectivity index (χ0) is 21.6. The minimum Gasteiger partial charge on any atom is -0.378 e. The number of rotatable bonds is 6. The molecule has 8 nitrogen and oxygen atoms in total. The van der Waals surface area contributed by atoms with Crippen molar-refractivity contribution in [2.45, 2.75) is 13.0 Å². The highest BCUT2D eigenvalue weighted by Crippen LogP contribution is 2.23. The van der Waals surface area contributed by atoms with Crippen LogP contribution in [0.3, 0.4) is 0 Å². The molecule has 9 heteroatoms. The molecule has 3 heterocycles. The molecule has 1 atom stereocenters. The average Bonchev–Trinajstić information content (AvgIpc) is 2.80. The van der Waals surface area contributed by atoms with E-state index in [0.717, 1.165) is 5.56 Å². The molecular formula is C22H23FN6O2. The van der Waals surface area contributed by atoms with Gasteiger partial charge in [0.15, 0.2) is 0 Å². The molecular weight excluding hydrogens is 399 g/mol. The molecule has 1 aliphatic heterocycles. The van der Waals surface area contributed by atoms with E-state index in [1.807, 2.05) is 6.92 Å². The molecule has 3 aromatic rings. The molecule has 1 unspecified atom stereocenters. The topological polar surface area (TPSA) is 92.3 Å². The summed E-state index contributed by atoms with van der Waals surface area (Å²) in [6, 6.07) is 9.54. The van der Waals surface area contributed by atoms with Gasteiger partial charge in [0, 0.05) is 37.1 Å². The van der Waals surface area contributed by atoms with Gasteiger partial charge in [-0.1, -0.05) is 12.1 Å². The lowest BCUT2D eigenvalue weighted by Gasteiger charge is -2.27. The highest BCUT2D eigenvalue weighted by Gasteiger charge is 2.20. The first-order valence-corrected chi connectivity index (χ1v) is 10.0. The van der Waals surface area contributed by atoms with Crippen molar-refractivity contribution in [2.24, 2.45) is 0 Å². The van der Waals surface area contributed by atoms with E-state index in [0.29, 0.717) is 49.3 Å². The first-order chi connectivity index (χ1) is 15.1. The quantitative estimate of drug-likeness (QED) is 0.629. The van der Waals surface area contributed by atoms with Crippen LogP contribution < -0.4 is 10.6 Å². The van der Waals surface area contributed by atoms with Crippen molar-refractivity contribution < 1.29 is 13.9 Å². The number of hydrogen-bond acceptors (Lipinski definition) is 7. The minimum atomic E-state index is -0.289. The first-order valence-electron chi connectivity index (χ1n) is 10.0. The monoisotopic (exact) mass is 422 g/mol. The summed E-state index contributed by atoms with van der Waals surface area (Å²) in [5.74, 6) is 1.12. The van der Waals surface area contributed by atoms with Gasteiger partial charge in [-0.25, -0.2) is 14.4 Å². The van der Waals surface area contributed by atoms with Crippen LogP contribution in [0.25, 0.3) is 0 Å². The maximum absolute atomic E-state index is 13.3. The van der Waals surface area contributed by atoms with Crippen molar-refractivity contribution in [3.63, 3.8) is 0 Å². The number of amides is 1.